The second kappa shape index (κ2) is 4.05. The van der Waals surface area contributed by atoms with E-state index in [0.717, 1.165) is 5.56 Å². The molecule has 2 heterocycles. The number of ketones is 1. The highest BCUT2D eigenvalue weighted by Gasteiger charge is 2.34. The van der Waals surface area contributed by atoms with E-state index in [2.05, 4.69) is 5.10 Å². The third-order valence-electron chi connectivity index (χ3n) is 3.36. The molecule has 0 spiro atoms. The minimum absolute atomic E-state index is 0.107. The zero-order valence-electron chi connectivity index (χ0n) is 10.0. The number of carbonyl (C=O) groups excluding carboxylic acids is 1. The van der Waals surface area contributed by atoms with E-state index in [4.69, 9.17) is 0 Å². The summed E-state index contributed by atoms with van der Waals surface area (Å²) in [6.45, 7) is 1.45. The van der Waals surface area contributed by atoms with E-state index in [0.29, 0.717) is 17.8 Å². The Balaban J connectivity index is 2.05. The fourth-order valence-electron chi connectivity index (χ4n) is 2.43. The Kier molecular flexibility index (Phi) is 2.51. The minimum Gasteiger partial charge on any atom is -0.293 e. The van der Waals surface area contributed by atoms with Gasteiger partial charge >= 0.3 is 0 Å². The quantitative estimate of drug-likeness (QED) is 0.761. The van der Waals surface area contributed by atoms with Crippen molar-refractivity contribution in [1.82, 2.24) is 9.78 Å². The first-order chi connectivity index (χ1) is 8.66. The van der Waals surface area contributed by atoms with Crippen molar-refractivity contribution in [1.29, 1.82) is 0 Å². The smallest absolute Gasteiger partial charge is 0.179 e. The number of Topliss-reactive ketones (excluding diaryl/α,β-unsaturated/α-hetero) is 1. The summed E-state index contributed by atoms with van der Waals surface area (Å²) < 4.78 is 15.6. The molecule has 0 unspecified atom stereocenters. The molecule has 0 bridgehead atoms. The maximum absolute atomic E-state index is 14.0. The molecule has 0 radical (unpaired) electrons. The van der Waals surface area contributed by atoms with Crippen molar-refractivity contribution in [2.24, 2.45) is 0 Å². The van der Waals surface area contributed by atoms with Crippen LogP contribution >= 0.6 is 0 Å². The number of hydrogen-bond acceptors (Lipinski definition) is 2. The summed E-state index contributed by atoms with van der Waals surface area (Å²) in [6.07, 6.45) is -0.652. The van der Waals surface area contributed by atoms with Gasteiger partial charge in [0.05, 0.1) is 11.7 Å². The summed E-state index contributed by atoms with van der Waals surface area (Å²) in [6, 6.07) is 11.2. The molecule has 3 rings (SSSR count). The normalized spacial score (nSPS) is 21.9. The van der Waals surface area contributed by atoms with Crippen LogP contribution in [0.2, 0.25) is 0 Å². The number of halogens is 1. The van der Waals surface area contributed by atoms with Gasteiger partial charge in [-0.1, -0.05) is 30.3 Å². The molecule has 1 aliphatic rings. The van der Waals surface area contributed by atoms with Crippen molar-refractivity contribution in [3.8, 4) is 0 Å². The van der Waals surface area contributed by atoms with Crippen LogP contribution in [0.1, 0.15) is 47.3 Å². The van der Waals surface area contributed by atoms with E-state index in [1.54, 1.807) is 10.7 Å². The van der Waals surface area contributed by atoms with Gasteiger partial charge in [-0.2, -0.15) is 5.10 Å². The molecule has 2 aromatic rings. The lowest BCUT2D eigenvalue weighted by Crippen LogP contribution is -2.08. The van der Waals surface area contributed by atoms with Crippen LogP contribution in [0.5, 0.6) is 0 Å². The highest BCUT2D eigenvalue weighted by molar-refractivity contribution is 5.92. The van der Waals surface area contributed by atoms with Gasteiger partial charge < -0.3 is 0 Å². The zero-order valence-corrected chi connectivity index (χ0v) is 10.0. The lowest BCUT2D eigenvalue weighted by Gasteiger charge is -2.11. The standard InChI is InChI=1S/C14H13FN2O/c1-9(18)12-8-14-11(15)7-13(17(14)16-12)10-5-3-2-4-6-10/h2-6,8,11,13H,7H2,1H3/t11-,13-/m0/s1. The fraction of sp³-hybridized carbons (Fsp3) is 0.286. The molecular formula is C14H13FN2O. The molecule has 1 aromatic carbocycles. The number of carbonyl (C=O) groups is 1. The lowest BCUT2D eigenvalue weighted by molar-refractivity contribution is 0.101. The van der Waals surface area contributed by atoms with E-state index in [1.165, 1.54) is 6.92 Å². The molecule has 18 heavy (non-hydrogen) atoms. The van der Waals surface area contributed by atoms with E-state index in [9.17, 15) is 9.18 Å². The van der Waals surface area contributed by atoms with E-state index in [-0.39, 0.29) is 11.8 Å². The Bertz CT molecular complexity index is 591. The van der Waals surface area contributed by atoms with E-state index in [1.807, 2.05) is 30.3 Å². The third kappa shape index (κ3) is 1.65. The molecule has 3 nitrogen and oxygen atoms in total. The van der Waals surface area contributed by atoms with Gasteiger partial charge in [0.25, 0.3) is 0 Å². The molecule has 2 atom stereocenters. The molecular weight excluding hydrogens is 231 g/mol. The lowest BCUT2D eigenvalue weighted by atomic mass is 10.0. The van der Waals surface area contributed by atoms with Crippen LogP contribution < -0.4 is 0 Å². The summed E-state index contributed by atoms with van der Waals surface area (Å²) in [5.41, 5.74) is 1.87. The van der Waals surface area contributed by atoms with Crippen LogP contribution in [-0.4, -0.2) is 15.6 Å². The van der Waals surface area contributed by atoms with Crippen LogP contribution in [0.15, 0.2) is 36.4 Å². The second-order valence-electron chi connectivity index (χ2n) is 4.58. The number of rotatable bonds is 2. The van der Waals surface area contributed by atoms with Crippen LogP contribution in [0.4, 0.5) is 4.39 Å². The average Bonchev–Trinajstić information content (AvgIpc) is 2.92. The molecule has 1 aliphatic heterocycles. The molecule has 92 valence electrons. The fourth-order valence-corrected chi connectivity index (χ4v) is 2.43. The Morgan fingerprint density at radius 1 is 1.39 bits per heavy atom. The highest BCUT2D eigenvalue weighted by Crippen LogP contribution is 2.40. The molecule has 0 saturated carbocycles. The Morgan fingerprint density at radius 3 is 2.78 bits per heavy atom. The first kappa shape index (κ1) is 11.1. The number of nitrogens with zero attached hydrogens (tertiary/aromatic N) is 2. The van der Waals surface area contributed by atoms with Gasteiger partial charge in [-0.05, 0) is 11.6 Å². The van der Waals surface area contributed by atoms with Crippen molar-refractivity contribution in [2.75, 3.05) is 0 Å². The third-order valence-corrected chi connectivity index (χ3v) is 3.36. The number of aromatic nitrogens is 2. The second-order valence-corrected chi connectivity index (χ2v) is 4.58. The van der Waals surface area contributed by atoms with Gasteiger partial charge in [-0.15, -0.1) is 0 Å². The zero-order chi connectivity index (χ0) is 12.7. The Hall–Kier alpha value is -1.97. The van der Waals surface area contributed by atoms with E-state index < -0.39 is 6.17 Å². The summed E-state index contributed by atoms with van der Waals surface area (Å²) in [5.74, 6) is -0.129. The van der Waals surface area contributed by atoms with Gasteiger partial charge in [0.1, 0.15) is 11.9 Å². The maximum Gasteiger partial charge on any atom is 0.179 e. The SMILES string of the molecule is CC(=O)c1cc2n(n1)[C@H](c1ccccc1)C[C@@H]2F. The molecule has 0 N–H and O–H groups in total. The molecule has 1 aromatic heterocycles. The van der Waals surface area contributed by atoms with Crippen molar-refractivity contribution in [2.45, 2.75) is 25.6 Å². The van der Waals surface area contributed by atoms with E-state index >= 15 is 0 Å². The largest absolute Gasteiger partial charge is 0.293 e. The van der Waals surface area contributed by atoms with Crippen molar-refractivity contribution in [3.63, 3.8) is 0 Å². The van der Waals surface area contributed by atoms with Crippen LogP contribution in [0.25, 0.3) is 0 Å². The maximum atomic E-state index is 14.0. The number of alkyl halides is 1. The summed E-state index contributed by atoms with van der Waals surface area (Å²) in [5, 5.41) is 4.23. The summed E-state index contributed by atoms with van der Waals surface area (Å²) in [7, 11) is 0. The first-order valence-corrected chi connectivity index (χ1v) is 5.96. The highest BCUT2D eigenvalue weighted by atomic mass is 19.1. The molecule has 0 aliphatic carbocycles. The predicted octanol–water partition coefficient (Wildman–Crippen LogP) is 3.09. The van der Waals surface area contributed by atoms with Crippen LogP contribution in [-0.2, 0) is 0 Å². The van der Waals surface area contributed by atoms with Crippen LogP contribution in [0, 0.1) is 0 Å². The predicted molar refractivity (Wildman–Crippen MR) is 65.3 cm³/mol. The Morgan fingerprint density at radius 2 is 2.11 bits per heavy atom. The van der Waals surface area contributed by atoms with Gasteiger partial charge in [-0.3, -0.25) is 9.48 Å². The van der Waals surface area contributed by atoms with Gasteiger partial charge in [0.2, 0.25) is 0 Å². The number of hydrogen-bond donors (Lipinski definition) is 0. The van der Waals surface area contributed by atoms with Crippen LogP contribution in [0.3, 0.4) is 0 Å². The molecule has 0 amide bonds. The monoisotopic (exact) mass is 244 g/mol. The van der Waals surface area contributed by atoms with Crippen molar-refractivity contribution >= 4 is 5.78 Å². The summed E-state index contributed by atoms with van der Waals surface area (Å²) in [4.78, 5) is 11.3. The average molecular weight is 244 g/mol. The van der Waals surface area contributed by atoms with Gasteiger partial charge in [-0.25, -0.2) is 4.39 Å². The Labute approximate surface area is 104 Å². The molecule has 4 heteroatoms. The minimum atomic E-state index is -1.05. The van der Waals surface area contributed by atoms with Crippen molar-refractivity contribution < 1.29 is 9.18 Å². The number of benzene rings is 1. The first-order valence-electron chi connectivity index (χ1n) is 5.96. The van der Waals surface area contributed by atoms with Gasteiger partial charge in [0, 0.05) is 13.3 Å². The molecule has 0 saturated heterocycles. The summed E-state index contributed by atoms with van der Waals surface area (Å²) >= 11 is 0. The molecule has 0 fully saturated rings. The van der Waals surface area contributed by atoms with Gasteiger partial charge in [0.15, 0.2) is 5.78 Å². The topological polar surface area (TPSA) is 34.9 Å². The number of fused-ring (bicyclic) bond motifs is 1. The van der Waals surface area contributed by atoms with Crippen molar-refractivity contribution in [3.05, 3.63) is 53.3 Å².